The quantitative estimate of drug-likeness (QED) is 0.138. The highest BCUT2D eigenvalue weighted by Crippen LogP contribution is 2.45. The van der Waals surface area contributed by atoms with Crippen molar-refractivity contribution in [3.63, 3.8) is 0 Å². The van der Waals surface area contributed by atoms with E-state index < -0.39 is 0 Å². The Bertz CT molecular complexity index is 2430. The van der Waals surface area contributed by atoms with Crippen LogP contribution in [0.4, 0.5) is 34.1 Å². The molecule has 7 aromatic rings. The number of rotatable bonds is 9. The average Bonchev–Trinajstić information content (AvgIpc) is 3.26. The van der Waals surface area contributed by atoms with Crippen LogP contribution in [0, 0.1) is 0 Å². The first-order valence-corrected chi connectivity index (χ1v) is 20.9. The maximum absolute atomic E-state index is 4.94. The molecule has 5 heteroatoms. The topological polar surface area (TPSA) is 32.3 Å². The van der Waals surface area contributed by atoms with Crippen molar-refractivity contribution in [2.45, 2.75) is 79.6 Å². The van der Waals surface area contributed by atoms with Gasteiger partial charge in [0.25, 0.3) is 6.71 Å². The highest BCUT2D eigenvalue weighted by Gasteiger charge is 2.44. The number of fused-ring (bicyclic) bond motifs is 4. The van der Waals surface area contributed by atoms with Gasteiger partial charge >= 0.3 is 0 Å². The Balaban J connectivity index is 1.36. The van der Waals surface area contributed by atoms with Gasteiger partial charge in [0.15, 0.2) is 0 Å². The number of aryl methyl sites for hydroxylation is 3. The minimum atomic E-state index is -0.0234. The van der Waals surface area contributed by atoms with Crippen LogP contribution in [0.2, 0.25) is 0 Å². The molecule has 0 saturated heterocycles. The van der Waals surface area contributed by atoms with E-state index in [1.54, 1.807) is 0 Å². The molecule has 5 aromatic carbocycles. The summed E-state index contributed by atoms with van der Waals surface area (Å²) in [4.78, 5) is 14.9. The van der Waals surface area contributed by atoms with E-state index in [0.29, 0.717) is 11.8 Å². The molecular weight excluding hydrogens is 691 g/mol. The Kier molecular flexibility index (Phi) is 9.56. The van der Waals surface area contributed by atoms with E-state index in [1.165, 1.54) is 78.3 Å². The highest BCUT2D eigenvalue weighted by atomic mass is 15.2. The molecule has 9 rings (SSSR count). The zero-order valence-electron chi connectivity index (χ0n) is 34.3. The van der Waals surface area contributed by atoms with Crippen LogP contribution in [0.15, 0.2) is 134 Å². The molecular formula is C52H51BN4. The lowest BCUT2D eigenvalue weighted by atomic mass is 9.33. The normalized spacial score (nSPS) is 12.9. The van der Waals surface area contributed by atoms with Gasteiger partial charge in [-0.15, -0.1) is 0 Å². The summed E-state index contributed by atoms with van der Waals surface area (Å²) in [7, 11) is 0. The van der Waals surface area contributed by atoms with Gasteiger partial charge in [0.05, 0.1) is 11.4 Å². The van der Waals surface area contributed by atoms with Gasteiger partial charge in [-0.1, -0.05) is 97.0 Å². The van der Waals surface area contributed by atoms with Crippen LogP contribution in [0.25, 0.3) is 22.5 Å². The van der Waals surface area contributed by atoms with Crippen molar-refractivity contribution < 1.29 is 0 Å². The standard InChI is InChI=1S/C52H51BN4/c1-8-35-11-17-42(18-12-35)56-48-21-15-40(46-31-38(33(4)5)23-25-54-46)29-44(48)53-45-30-41(47-32-39(34(6)7)24-26-55-47)16-22-49(45)57(43-19-13-36(9-2)14-20-43)51-28-37(10-3)27-50(56)52(51)53/h11-34H,8-10H2,1-7H3. The fourth-order valence-corrected chi connectivity index (χ4v) is 8.83. The van der Waals surface area contributed by atoms with Gasteiger partial charge in [-0.3, -0.25) is 9.97 Å². The molecule has 0 bridgehead atoms. The molecule has 0 spiro atoms. The lowest BCUT2D eigenvalue weighted by molar-refractivity contribution is 0.863. The maximum atomic E-state index is 4.94. The fourth-order valence-electron chi connectivity index (χ4n) is 8.83. The highest BCUT2D eigenvalue weighted by molar-refractivity contribution is 7.00. The molecule has 0 N–H and O–H groups in total. The molecule has 0 unspecified atom stereocenters. The first-order valence-electron chi connectivity index (χ1n) is 20.9. The van der Waals surface area contributed by atoms with E-state index >= 15 is 0 Å². The molecule has 4 heterocycles. The summed E-state index contributed by atoms with van der Waals surface area (Å²) in [5.74, 6) is 0.828. The predicted molar refractivity (Wildman–Crippen MR) is 243 cm³/mol. The monoisotopic (exact) mass is 742 g/mol. The first-order chi connectivity index (χ1) is 27.8. The Labute approximate surface area is 339 Å². The second kappa shape index (κ2) is 14.9. The van der Waals surface area contributed by atoms with Gasteiger partial charge in [-0.05, 0) is 159 Å². The van der Waals surface area contributed by atoms with Gasteiger partial charge in [0.2, 0.25) is 0 Å². The maximum Gasteiger partial charge on any atom is 0.252 e. The lowest BCUT2D eigenvalue weighted by Gasteiger charge is -2.44. The number of hydrogen-bond acceptors (Lipinski definition) is 4. The molecule has 2 aliphatic rings. The Morgan fingerprint density at radius 3 is 1.26 bits per heavy atom. The van der Waals surface area contributed by atoms with E-state index in [4.69, 9.17) is 9.97 Å². The summed E-state index contributed by atoms with van der Waals surface area (Å²) >= 11 is 0. The van der Waals surface area contributed by atoms with Crippen LogP contribution in [-0.2, 0) is 19.3 Å². The minimum Gasteiger partial charge on any atom is -0.311 e. The minimum absolute atomic E-state index is 0.0234. The molecule has 4 nitrogen and oxygen atoms in total. The Morgan fingerprint density at radius 2 is 0.877 bits per heavy atom. The van der Waals surface area contributed by atoms with Crippen LogP contribution < -0.4 is 26.2 Å². The van der Waals surface area contributed by atoms with Crippen molar-refractivity contribution in [3.05, 3.63) is 162 Å². The number of nitrogens with zero attached hydrogens (tertiary/aromatic N) is 4. The van der Waals surface area contributed by atoms with Crippen molar-refractivity contribution in [3.8, 4) is 22.5 Å². The SMILES string of the molecule is CCc1ccc(N2c3ccc(-c4cc(C(C)C)ccn4)cc3B3c4cc(-c5cc(C(C)C)ccn5)ccc4N(c4ccc(CC)cc4)c4cc(CC)cc2c43)cc1. The van der Waals surface area contributed by atoms with Gasteiger partial charge in [0, 0.05) is 46.5 Å². The molecule has 0 amide bonds. The largest absolute Gasteiger partial charge is 0.311 e. The van der Waals surface area contributed by atoms with Crippen LogP contribution in [-0.4, -0.2) is 16.7 Å². The van der Waals surface area contributed by atoms with E-state index in [2.05, 4.69) is 180 Å². The molecule has 0 saturated carbocycles. The second-order valence-corrected chi connectivity index (χ2v) is 16.4. The summed E-state index contributed by atoms with van der Waals surface area (Å²) in [6.07, 6.45) is 6.88. The second-order valence-electron chi connectivity index (χ2n) is 16.4. The van der Waals surface area contributed by atoms with E-state index in [1.807, 2.05) is 12.4 Å². The number of aromatic nitrogens is 2. The van der Waals surface area contributed by atoms with Crippen molar-refractivity contribution in [2.24, 2.45) is 0 Å². The molecule has 0 aliphatic carbocycles. The van der Waals surface area contributed by atoms with E-state index in [-0.39, 0.29) is 6.71 Å². The van der Waals surface area contributed by atoms with Crippen molar-refractivity contribution in [1.29, 1.82) is 0 Å². The van der Waals surface area contributed by atoms with Crippen LogP contribution in [0.5, 0.6) is 0 Å². The zero-order chi connectivity index (χ0) is 39.4. The van der Waals surface area contributed by atoms with Gasteiger partial charge < -0.3 is 9.80 Å². The van der Waals surface area contributed by atoms with Crippen LogP contribution >= 0.6 is 0 Å². The van der Waals surface area contributed by atoms with E-state index in [9.17, 15) is 0 Å². The summed E-state index contributed by atoms with van der Waals surface area (Å²) in [6.45, 7) is 15.7. The summed E-state index contributed by atoms with van der Waals surface area (Å²) in [5, 5.41) is 0. The average molecular weight is 743 g/mol. The van der Waals surface area contributed by atoms with Crippen molar-refractivity contribution >= 4 is 57.2 Å². The summed E-state index contributed by atoms with van der Waals surface area (Å²) < 4.78 is 0. The molecule has 0 fully saturated rings. The van der Waals surface area contributed by atoms with Crippen LogP contribution in [0.1, 0.15) is 88.1 Å². The van der Waals surface area contributed by atoms with Gasteiger partial charge in [-0.25, -0.2) is 0 Å². The lowest BCUT2D eigenvalue weighted by Crippen LogP contribution is -2.61. The van der Waals surface area contributed by atoms with Crippen molar-refractivity contribution in [1.82, 2.24) is 9.97 Å². The number of anilines is 6. The van der Waals surface area contributed by atoms with Gasteiger partial charge in [-0.2, -0.15) is 0 Å². The zero-order valence-corrected chi connectivity index (χ0v) is 34.3. The third-order valence-corrected chi connectivity index (χ3v) is 12.2. The molecule has 2 aliphatic heterocycles. The number of pyridine rings is 2. The van der Waals surface area contributed by atoms with Crippen molar-refractivity contribution in [2.75, 3.05) is 9.80 Å². The number of hydrogen-bond donors (Lipinski definition) is 0. The first kappa shape index (κ1) is 36.7. The van der Waals surface area contributed by atoms with Gasteiger partial charge in [0.1, 0.15) is 0 Å². The smallest absolute Gasteiger partial charge is 0.252 e. The third-order valence-electron chi connectivity index (χ3n) is 12.2. The summed E-state index contributed by atoms with van der Waals surface area (Å²) in [5.41, 5.74) is 22.0. The Hall–Kier alpha value is -5.94. The third kappa shape index (κ3) is 6.44. The molecule has 0 atom stereocenters. The van der Waals surface area contributed by atoms with Crippen LogP contribution in [0.3, 0.4) is 0 Å². The molecule has 57 heavy (non-hydrogen) atoms. The van der Waals surface area contributed by atoms with E-state index in [0.717, 1.165) is 41.8 Å². The predicted octanol–water partition coefficient (Wildman–Crippen LogP) is 11.8. The molecule has 282 valence electrons. The molecule has 0 radical (unpaired) electrons. The Morgan fingerprint density at radius 1 is 0.456 bits per heavy atom. The summed E-state index contributed by atoms with van der Waals surface area (Å²) in [6, 6.07) is 46.2. The molecule has 2 aromatic heterocycles. The fraction of sp³-hybridized carbons (Fsp3) is 0.231. The number of benzene rings is 5.